The number of nitrogens with one attached hydrogen (secondary N) is 2. The number of hydrogen-bond acceptors (Lipinski definition) is 4. The predicted molar refractivity (Wildman–Crippen MR) is 108 cm³/mol. The highest BCUT2D eigenvalue weighted by molar-refractivity contribution is 5.94. The molecule has 150 valence electrons. The summed E-state index contributed by atoms with van der Waals surface area (Å²) >= 11 is 0. The van der Waals surface area contributed by atoms with Crippen molar-refractivity contribution in [1.82, 2.24) is 10.6 Å². The van der Waals surface area contributed by atoms with Gasteiger partial charge in [0.25, 0.3) is 5.91 Å². The second-order valence-electron chi connectivity index (χ2n) is 5.65. The van der Waals surface area contributed by atoms with E-state index in [9.17, 15) is 9.59 Å². The molecule has 0 aliphatic carbocycles. The Balaban J connectivity index is 0. The lowest BCUT2D eigenvalue weighted by Crippen LogP contribution is -2.39. The fourth-order valence-corrected chi connectivity index (χ4v) is 1.80. The molecule has 0 saturated carbocycles. The Morgan fingerprint density at radius 3 is 2.08 bits per heavy atom. The number of methoxy groups -OCH3 is 1. The molecule has 6 nitrogen and oxygen atoms in total. The minimum absolute atomic E-state index is 0.0688. The van der Waals surface area contributed by atoms with Crippen LogP contribution in [-0.2, 0) is 9.53 Å². The van der Waals surface area contributed by atoms with Crippen molar-refractivity contribution in [3.63, 3.8) is 0 Å². The summed E-state index contributed by atoms with van der Waals surface area (Å²) in [5.74, 6) is -0.406. The number of amides is 2. The third kappa shape index (κ3) is 15.6. The largest absolute Gasteiger partial charge is 0.385 e. The fraction of sp³-hybridized carbons (Fsp3) is 0.600. The summed E-state index contributed by atoms with van der Waals surface area (Å²) in [6.45, 7) is 7.63. The van der Waals surface area contributed by atoms with Gasteiger partial charge in [-0.1, -0.05) is 38.5 Å². The molecule has 0 radical (unpaired) electrons. The molecular weight excluding hydrogens is 330 g/mol. The van der Waals surface area contributed by atoms with Crippen molar-refractivity contribution < 1.29 is 14.3 Å². The van der Waals surface area contributed by atoms with Crippen LogP contribution in [0.25, 0.3) is 0 Å². The highest BCUT2D eigenvalue weighted by Gasteiger charge is 2.11. The summed E-state index contributed by atoms with van der Waals surface area (Å²) in [4.78, 5) is 22.7. The highest BCUT2D eigenvalue weighted by atomic mass is 16.5. The Hall–Kier alpha value is -1.92. The zero-order chi connectivity index (χ0) is 20.2. The Morgan fingerprint density at radius 1 is 1.12 bits per heavy atom. The van der Waals surface area contributed by atoms with E-state index in [0.717, 1.165) is 19.4 Å². The maximum atomic E-state index is 11.7. The van der Waals surface area contributed by atoms with E-state index in [1.54, 1.807) is 26.3 Å². The fourth-order valence-electron chi connectivity index (χ4n) is 1.80. The first-order valence-electron chi connectivity index (χ1n) is 9.27. The number of hydrogen-bond donors (Lipinski definition) is 3. The number of carbonyl (C=O) groups excluding carboxylic acids is 2. The number of benzene rings is 1. The van der Waals surface area contributed by atoms with E-state index in [2.05, 4.69) is 29.2 Å². The molecule has 1 aromatic carbocycles. The number of unbranched alkanes of at least 4 members (excludes halogenated alkanes) is 1. The predicted octanol–water partition coefficient (Wildman–Crippen LogP) is 2.73. The van der Waals surface area contributed by atoms with E-state index in [1.807, 2.05) is 25.1 Å². The molecule has 0 spiro atoms. The second-order valence-corrected chi connectivity index (χ2v) is 5.65. The molecule has 0 fully saturated rings. The first kappa shape index (κ1) is 26.3. The number of rotatable bonds is 9. The van der Waals surface area contributed by atoms with Crippen molar-refractivity contribution in [1.29, 1.82) is 0 Å². The molecule has 0 aromatic heterocycles. The molecule has 6 heteroatoms. The summed E-state index contributed by atoms with van der Waals surface area (Å²) < 4.78 is 4.54. The van der Waals surface area contributed by atoms with E-state index < -0.39 is 0 Å². The molecule has 0 aliphatic heterocycles. The molecule has 1 aromatic rings. The average molecular weight is 368 g/mol. The van der Waals surface area contributed by atoms with Gasteiger partial charge in [0.1, 0.15) is 0 Å². The maximum Gasteiger partial charge on any atom is 0.251 e. The normalized spacial score (nSPS) is 10.5. The second kappa shape index (κ2) is 19.4. The number of ether oxygens (including phenoxy) is 1. The van der Waals surface area contributed by atoms with Gasteiger partial charge in [-0.2, -0.15) is 0 Å². The van der Waals surface area contributed by atoms with Crippen LogP contribution in [0.1, 0.15) is 56.8 Å². The Kier molecular flexibility index (Phi) is 19.6. The molecule has 0 saturated heterocycles. The number of primary amides is 1. The lowest BCUT2D eigenvalue weighted by atomic mass is 10.1. The van der Waals surface area contributed by atoms with Crippen LogP contribution in [0.5, 0.6) is 0 Å². The lowest BCUT2D eigenvalue weighted by molar-refractivity contribution is -0.120. The van der Waals surface area contributed by atoms with Crippen LogP contribution in [0.4, 0.5) is 0 Å². The summed E-state index contributed by atoms with van der Waals surface area (Å²) in [7, 11) is 3.40. The molecule has 0 aliphatic rings. The highest BCUT2D eigenvalue weighted by Crippen LogP contribution is 2.01. The van der Waals surface area contributed by atoms with Gasteiger partial charge in [0, 0.05) is 25.8 Å². The van der Waals surface area contributed by atoms with Gasteiger partial charge in [-0.05, 0) is 45.4 Å². The van der Waals surface area contributed by atoms with E-state index in [-0.39, 0.29) is 17.9 Å². The number of likely N-dealkylation sites (N-methyl/N-ethyl adjacent to an activating group) is 1. The average Bonchev–Trinajstić information content (AvgIpc) is 2.65. The van der Waals surface area contributed by atoms with Crippen LogP contribution in [0.3, 0.4) is 0 Å². The van der Waals surface area contributed by atoms with Crippen LogP contribution in [0.2, 0.25) is 0 Å². The van der Waals surface area contributed by atoms with Crippen molar-refractivity contribution in [3.8, 4) is 0 Å². The zero-order valence-electron chi connectivity index (χ0n) is 17.0. The summed E-state index contributed by atoms with van der Waals surface area (Å²) in [6.07, 6.45) is 3.60. The van der Waals surface area contributed by atoms with Gasteiger partial charge in [0.2, 0.25) is 5.91 Å². The van der Waals surface area contributed by atoms with Crippen LogP contribution in [-0.4, -0.2) is 45.2 Å². The topological polar surface area (TPSA) is 93.4 Å². The van der Waals surface area contributed by atoms with Gasteiger partial charge in [-0.25, -0.2) is 0 Å². The zero-order valence-corrected chi connectivity index (χ0v) is 17.0. The van der Waals surface area contributed by atoms with Crippen molar-refractivity contribution in [3.05, 3.63) is 35.9 Å². The molecule has 4 N–H and O–H groups in total. The van der Waals surface area contributed by atoms with Gasteiger partial charge in [-0.15, -0.1) is 0 Å². The summed E-state index contributed by atoms with van der Waals surface area (Å²) in [5, 5.41) is 5.71. The molecule has 1 atom stereocenters. The minimum atomic E-state index is -0.337. The lowest BCUT2D eigenvalue weighted by Gasteiger charge is -2.11. The van der Waals surface area contributed by atoms with Crippen LogP contribution in [0, 0.1) is 0 Å². The molecule has 2 amide bonds. The molecular formula is C20H37N3O3. The summed E-state index contributed by atoms with van der Waals surface area (Å²) in [5.41, 5.74) is 5.87. The quantitative estimate of drug-likeness (QED) is 0.585. The van der Waals surface area contributed by atoms with Gasteiger partial charge in [0.05, 0.1) is 6.04 Å². The Bertz CT molecular complexity index is 451. The SMILES string of the molecule is CCC.CCOC.CN[C@@H](CCCCNC(=O)c1ccccc1)C(N)=O. The minimum Gasteiger partial charge on any atom is -0.385 e. The van der Waals surface area contributed by atoms with E-state index >= 15 is 0 Å². The monoisotopic (exact) mass is 367 g/mol. The molecule has 0 bridgehead atoms. The Labute approximate surface area is 158 Å². The third-order valence-corrected chi connectivity index (χ3v) is 3.22. The van der Waals surface area contributed by atoms with Crippen LogP contribution in [0.15, 0.2) is 30.3 Å². The van der Waals surface area contributed by atoms with E-state index in [4.69, 9.17) is 5.73 Å². The van der Waals surface area contributed by atoms with Gasteiger partial charge in [0.15, 0.2) is 0 Å². The van der Waals surface area contributed by atoms with Crippen molar-refractivity contribution in [2.24, 2.45) is 5.73 Å². The molecule has 0 heterocycles. The van der Waals surface area contributed by atoms with E-state index in [0.29, 0.717) is 18.5 Å². The summed E-state index contributed by atoms with van der Waals surface area (Å²) in [6, 6.07) is 8.81. The molecule has 26 heavy (non-hydrogen) atoms. The standard InChI is InChI=1S/C14H21N3O2.C3H8O.C3H8/c1-16-12(13(15)18)9-5-6-10-17-14(19)11-7-3-2-4-8-11;1-3-4-2;1-3-2/h2-4,7-8,12,16H,5-6,9-10H2,1H3,(H2,15,18)(H,17,19);3H2,1-2H3;3H2,1-2H3/t12-;;/m0../s1. The number of carbonyl (C=O) groups is 2. The van der Waals surface area contributed by atoms with Crippen molar-refractivity contribution >= 4 is 11.8 Å². The first-order chi connectivity index (χ1) is 12.5. The van der Waals surface area contributed by atoms with Gasteiger partial charge < -0.3 is 21.1 Å². The smallest absolute Gasteiger partial charge is 0.251 e. The van der Waals surface area contributed by atoms with E-state index in [1.165, 1.54) is 6.42 Å². The Morgan fingerprint density at radius 2 is 1.65 bits per heavy atom. The van der Waals surface area contributed by atoms with Crippen molar-refractivity contribution in [2.45, 2.75) is 52.5 Å². The molecule has 1 rings (SSSR count). The maximum absolute atomic E-state index is 11.7. The third-order valence-electron chi connectivity index (χ3n) is 3.22. The van der Waals surface area contributed by atoms with Gasteiger partial charge >= 0.3 is 0 Å². The van der Waals surface area contributed by atoms with Crippen LogP contribution < -0.4 is 16.4 Å². The first-order valence-corrected chi connectivity index (χ1v) is 9.27. The number of nitrogens with two attached hydrogens (primary N) is 1. The van der Waals surface area contributed by atoms with Crippen LogP contribution >= 0.6 is 0 Å². The van der Waals surface area contributed by atoms with Crippen molar-refractivity contribution in [2.75, 3.05) is 27.3 Å². The molecule has 0 unspecified atom stereocenters. The van der Waals surface area contributed by atoms with Gasteiger partial charge in [-0.3, -0.25) is 9.59 Å².